The zero-order valence-corrected chi connectivity index (χ0v) is 16.4. The highest BCUT2D eigenvalue weighted by atomic mass is 16.5. The minimum atomic E-state index is 0.0412. The average molecular weight is 367 g/mol. The van der Waals surface area contributed by atoms with Gasteiger partial charge in [0.15, 0.2) is 0 Å². The molecule has 1 atom stereocenters. The van der Waals surface area contributed by atoms with Gasteiger partial charge < -0.3 is 14.5 Å². The van der Waals surface area contributed by atoms with Crippen LogP contribution in [0.5, 0.6) is 0 Å². The molecule has 0 bridgehead atoms. The first-order valence-corrected chi connectivity index (χ1v) is 9.83. The summed E-state index contributed by atoms with van der Waals surface area (Å²) in [6.07, 6.45) is 3.05. The lowest BCUT2D eigenvalue weighted by Crippen LogP contribution is -2.50. The smallest absolute Gasteiger partial charge is 0.253 e. The number of likely N-dealkylation sites (tertiary alicyclic amines) is 1. The Bertz CT molecular complexity index is 697. The van der Waals surface area contributed by atoms with Crippen LogP contribution in [0.25, 0.3) is 0 Å². The fourth-order valence-corrected chi connectivity index (χ4v) is 4.01. The molecule has 0 spiro atoms. The Balaban J connectivity index is 1.62. The fraction of sp³-hybridized carbons (Fsp3) is 0.435. The first kappa shape index (κ1) is 19.6. The second-order valence-electron chi connectivity index (χ2n) is 7.34. The van der Waals surface area contributed by atoms with Gasteiger partial charge in [0.05, 0.1) is 0 Å². The molecule has 0 saturated carbocycles. The van der Waals surface area contributed by atoms with Gasteiger partial charge in [-0.3, -0.25) is 4.79 Å². The number of piperidine rings is 1. The van der Waals surface area contributed by atoms with Crippen molar-refractivity contribution in [3.63, 3.8) is 0 Å². The summed E-state index contributed by atoms with van der Waals surface area (Å²) < 4.78 is 5.12. The van der Waals surface area contributed by atoms with E-state index >= 15 is 0 Å². The van der Waals surface area contributed by atoms with E-state index in [1.165, 1.54) is 5.56 Å². The number of rotatable bonds is 7. The van der Waals surface area contributed by atoms with Crippen molar-refractivity contribution < 1.29 is 9.53 Å². The van der Waals surface area contributed by atoms with Crippen LogP contribution in [-0.4, -0.2) is 49.7 Å². The van der Waals surface area contributed by atoms with Gasteiger partial charge in [0.25, 0.3) is 5.91 Å². The van der Waals surface area contributed by atoms with E-state index in [9.17, 15) is 4.79 Å². The van der Waals surface area contributed by atoms with E-state index in [1.807, 2.05) is 35.2 Å². The predicted octanol–water partition coefficient (Wildman–Crippen LogP) is 3.76. The third-order valence-electron chi connectivity index (χ3n) is 5.43. The lowest BCUT2D eigenvalue weighted by molar-refractivity contribution is -0.122. The zero-order valence-electron chi connectivity index (χ0n) is 16.4. The van der Waals surface area contributed by atoms with Crippen molar-refractivity contribution in [2.24, 2.45) is 0 Å². The standard InChI is InChI=1S/C23H30N2O2/c1-19(17-20-9-5-3-6-10-20)24-15-13-22(14-16-24)25(23(26)18-27-2)21-11-7-4-8-12-21/h3-12,19,22H,13-18H2,1-2H3. The number of benzene rings is 2. The van der Waals surface area contributed by atoms with Crippen molar-refractivity contribution in [1.29, 1.82) is 0 Å². The van der Waals surface area contributed by atoms with Gasteiger partial charge in [-0.2, -0.15) is 0 Å². The number of methoxy groups -OCH3 is 1. The van der Waals surface area contributed by atoms with E-state index in [0.29, 0.717) is 6.04 Å². The van der Waals surface area contributed by atoms with Gasteiger partial charge in [-0.15, -0.1) is 0 Å². The molecule has 1 unspecified atom stereocenters. The highest BCUT2D eigenvalue weighted by Crippen LogP contribution is 2.25. The summed E-state index contributed by atoms with van der Waals surface area (Å²) in [6.45, 7) is 4.46. The Morgan fingerprint density at radius 2 is 1.67 bits per heavy atom. The number of anilines is 1. The number of amides is 1. The van der Waals surface area contributed by atoms with E-state index in [0.717, 1.165) is 38.0 Å². The Hall–Kier alpha value is -2.17. The topological polar surface area (TPSA) is 32.8 Å². The van der Waals surface area contributed by atoms with Crippen LogP contribution in [0.1, 0.15) is 25.3 Å². The highest BCUT2D eigenvalue weighted by molar-refractivity contribution is 5.94. The van der Waals surface area contributed by atoms with E-state index < -0.39 is 0 Å². The van der Waals surface area contributed by atoms with Crippen LogP contribution in [-0.2, 0) is 16.0 Å². The summed E-state index contributed by atoms with van der Waals surface area (Å²) in [6, 6.07) is 21.4. The first-order valence-electron chi connectivity index (χ1n) is 9.83. The SMILES string of the molecule is COCC(=O)N(c1ccccc1)C1CCN(C(C)Cc2ccccc2)CC1. The maximum Gasteiger partial charge on any atom is 0.253 e. The van der Waals surface area contributed by atoms with Crippen LogP contribution in [0.4, 0.5) is 5.69 Å². The number of carbonyl (C=O) groups is 1. The maximum absolute atomic E-state index is 12.7. The maximum atomic E-state index is 12.7. The molecule has 0 radical (unpaired) electrons. The molecule has 2 aromatic carbocycles. The molecule has 0 N–H and O–H groups in total. The summed E-state index contributed by atoms with van der Waals surface area (Å²) >= 11 is 0. The van der Waals surface area contributed by atoms with Crippen molar-refractivity contribution in [2.45, 2.75) is 38.3 Å². The minimum Gasteiger partial charge on any atom is -0.375 e. The van der Waals surface area contributed by atoms with Gasteiger partial charge in [0.2, 0.25) is 0 Å². The van der Waals surface area contributed by atoms with E-state index in [2.05, 4.69) is 42.2 Å². The van der Waals surface area contributed by atoms with Crippen molar-refractivity contribution in [3.8, 4) is 0 Å². The number of ether oxygens (including phenoxy) is 1. The first-order chi connectivity index (χ1) is 13.2. The van der Waals surface area contributed by atoms with Crippen LogP contribution in [0.2, 0.25) is 0 Å². The molecule has 1 heterocycles. The van der Waals surface area contributed by atoms with Crippen molar-refractivity contribution in [1.82, 2.24) is 4.90 Å². The van der Waals surface area contributed by atoms with Crippen LogP contribution >= 0.6 is 0 Å². The van der Waals surface area contributed by atoms with Crippen molar-refractivity contribution >= 4 is 11.6 Å². The molecule has 3 rings (SSSR count). The molecule has 1 aliphatic rings. The molecule has 1 saturated heterocycles. The van der Waals surface area contributed by atoms with Gasteiger partial charge in [0.1, 0.15) is 6.61 Å². The Kier molecular flexibility index (Phi) is 7.02. The summed E-state index contributed by atoms with van der Waals surface area (Å²) in [7, 11) is 1.58. The molecule has 0 aromatic heterocycles. The number of carbonyl (C=O) groups excluding carboxylic acids is 1. The molecule has 4 nitrogen and oxygen atoms in total. The van der Waals surface area contributed by atoms with Crippen LogP contribution < -0.4 is 4.90 Å². The average Bonchev–Trinajstić information content (AvgIpc) is 2.70. The normalized spacial score (nSPS) is 16.8. The molecule has 1 amide bonds. The molecule has 27 heavy (non-hydrogen) atoms. The predicted molar refractivity (Wildman–Crippen MR) is 110 cm³/mol. The van der Waals surface area contributed by atoms with Gasteiger partial charge in [-0.25, -0.2) is 0 Å². The Morgan fingerprint density at radius 3 is 2.26 bits per heavy atom. The second kappa shape index (κ2) is 9.67. The molecule has 4 heteroatoms. The Labute approximate surface area is 162 Å². The Morgan fingerprint density at radius 1 is 1.07 bits per heavy atom. The van der Waals surface area contributed by atoms with Gasteiger partial charge in [-0.1, -0.05) is 48.5 Å². The molecule has 0 aliphatic carbocycles. The number of hydrogen-bond acceptors (Lipinski definition) is 3. The molecular weight excluding hydrogens is 336 g/mol. The lowest BCUT2D eigenvalue weighted by Gasteiger charge is -2.40. The van der Waals surface area contributed by atoms with Gasteiger partial charge in [0, 0.05) is 38.0 Å². The van der Waals surface area contributed by atoms with E-state index in [1.54, 1.807) is 7.11 Å². The monoisotopic (exact) mass is 366 g/mol. The summed E-state index contributed by atoms with van der Waals surface area (Å²) in [4.78, 5) is 17.2. The molecule has 2 aromatic rings. The molecule has 144 valence electrons. The van der Waals surface area contributed by atoms with Gasteiger partial charge >= 0.3 is 0 Å². The van der Waals surface area contributed by atoms with Crippen LogP contribution in [0, 0.1) is 0 Å². The quantitative estimate of drug-likeness (QED) is 0.748. The fourth-order valence-electron chi connectivity index (χ4n) is 4.01. The number of para-hydroxylation sites is 1. The number of hydrogen-bond donors (Lipinski definition) is 0. The van der Waals surface area contributed by atoms with Crippen LogP contribution in [0.3, 0.4) is 0 Å². The van der Waals surface area contributed by atoms with Crippen molar-refractivity contribution in [2.75, 3.05) is 31.7 Å². The van der Waals surface area contributed by atoms with Gasteiger partial charge in [-0.05, 0) is 43.9 Å². The zero-order chi connectivity index (χ0) is 19.1. The summed E-state index contributed by atoms with van der Waals surface area (Å²) in [5.41, 5.74) is 2.35. The summed E-state index contributed by atoms with van der Waals surface area (Å²) in [5.74, 6) is 0.0412. The largest absolute Gasteiger partial charge is 0.375 e. The van der Waals surface area contributed by atoms with Crippen LogP contribution in [0.15, 0.2) is 60.7 Å². The highest BCUT2D eigenvalue weighted by Gasteiger charge is 2.30. The lowest BCUT2D eigenvalue weighted by atomic mass is 9.98. The molecular formula is C23H30N2O2. The third kappa shape index (κ3) is 5.18. The molecule has 1 aliphatic heterocycles. The summed E-state index contributed by atoms with van der Waals surface area (Å²) in [5, 5.41) is 0. The van der Waals surface area contributed by atoms with E-state index in [-0.39, 0.29) is 18.6 Å². The second-order valence-corrected chi connectivity index (χ2v) is 7.34. The molecule has 1 fully saturated rings. The van der Waals surface area contributed by atoms with Crippen molar-refractivity contribution in [3.05, 3.63) is 66.2 Å². The third-order valence-corrected chi connectivity index (χ3v) is 5.43. The number of nitrogens with zero attached hydrogens (tertiary/aromatic N) is 2. The minimum absolute atomic E-state index is 0.0412. The van der Waals surface area contributed by atoms with E-state index in [4.69, 9.17) is 4.74 Å².